The molecule has 0 amide bonds. The smallest absolute Gasteiger partial charge is 0.306 e. The van der Waals surface area contributed by atoms with Crippen LogP contribution in [0.4, 0.5) is 0 Å². The fourth-order valence-electron chi connectivity index (χ4n) is 8.97. The van der Waals surface area contributed by atoms with Crippen molar-refractivity contribution >= 4 is 11.9 Å². The predicted octanol–water partition coefficient (Wildman–Crippen LogP) is 19.1. The van der Waals surface area contributed by atoms with E-state index in [1.54, 1.807) is 0 Å². The summed E-state index contributed by atoms with van der Waals surface area (Å²) in [5.74, 6) is -0.581. The zero-order valence-corrected chi connectivity index (χ0v) is 42.9. The largest absolute Gasteiger partial charge is 0.462 e. The van der Waals surface area contributed by atoms with Crippen molar-refractivity contribution in [1.29, 1.82) is 0 Å². The van der Waals surface area contributed by atoms with Crippen LogP contribution in [0.15, 0.2) is 12.2 Å². The van der Waals surface area contributed by atoms with E-state index < -0.39 is 6.10 Å². The lowest BCUT2D eigenvalue weighted by atomic mass is 10.0. The highest BCUT2D eigenvalue weighted by molar-refractivity contribution is 5.70. The summed E-state index contributed by atoms with van der Waals surface area (Å²) in [7, 11) is 0. The first kappa shape index (κ1) is 61.6. The number of esters is 2. The van der Waals surface area contributed by atoms with Crippen LogP contribution in [0.5, 0.6) is 0 Å². The molecule has 1 atom stereocenters. The Kier molecular flexibility index (Phi) is 53.8. The van der Waals surface area contributed by atoms with Gasteiger partial charge in [-0.3, -0.25) is 9.59 Å². The zero-order valence-electron chi connectivity index (χ0n) is 42.9. The quantitative estimate of drug-likeness (QED) is 0.0374. The number of hydrogen-bond acceptors (Lipinski definition) is 5. The Balaban J connectivity index is 3.37. The standard InChI is InChI=1S/C58H112O5/c1-3-5-7-9-11-13-15-17-19-21-22-23-24-25-26-27-28-29-30-31-32-33-34-35-36-37-39-40-42-44-46-48-50-52-57(60)62-55-56(54-59)63-58(61)53-51-49-47-45-43-41-38-20-18-16-14-12-10-8-6-4-2/h20,38,56,59H,3-19,21-37,39-55H2,1-2H3/b38-20-. The molecule has 5 nitrogen and oxygen atoms in total. The molecule has 0 bridgehead atoms. The highest BCUT2D eigenvalue weighted by Gasteiger charge is 2.16. The monoisotopic (exact) mass is 889 g/mol. The first-order valence-corrected chi connectivity index (χ1v) is 28.7. The molecule has 374 valence electrons. The van der Waals surface area contributed by atoms with E-state index in [2.05, 4.69) is 26.0 Å². The number of aliphatic hydroxyl groups is 1. The van der Waals surface area contributed by atoms with E-state index in [9.17, 15) is 14.7 Å². The van der Waals surface area contributed by atoms with Crippen molar-refractivity contribution < 1.29 is 24.2 Å². The lowest BCUT2D eigenvalue weighted by molar-refractivity contribution is -0.161. The van der Waals surface area contributed by atoms with Crippen LogP contribution in [0.2, 0.25) is 0 Å². The first-order chi connectivity index (χ1) is 31.1. The molecular formula is C58H112O5. The van der Waals surface area contributed by atoms with Crippen LogP contribution < -0.4 is 0 Å². The maximum Gasteiger partial charge on any atom is 0.306 e. The van der Waals surface area contributed by atoms with Crippen molar-refractivity contribution in [3.05, 3.63) is 12.2 Å². The lowest BCUT2D eigenvalue weighted by Gasteiger charge is -2.15. The molecule has 0 saturated carbocycles. The topological polar surface area (TPSA) is 72.8 Å². The number of aliphatic hydroxyl groups excluding tert-OH is 1. The number of carbonyl (C=O) groups is 2. The summed E-state index contributed by atoms with van der Waals surface area (Å²) in [4.78, 5) is 24.5. The van der Waals surface area contributed by atoms with E-state index in [1.807, 2.05) is 0 Å². The molecule has 63 heavy (non-hydrogen) atoms. The third-order valence-corrected chi connectivity index (χ3v) is 13.3. The molecule has 0 radical (unpaired) electrons. The molecule has 5 heteroatoms. The van der Waals surface area contributed by atoms with Crippen molar-refractivity contribution in [3.63, 3.8) is 0 Å². The molecule has 0 aromatic heterocycles. The van der Waals surface area contributed by atoms with E-state index in [0.717, 1.165) is 38.5 Å². The normalized spacial score (nSPS) is 12.1. The summed E-state index contributed by atoms with van der Waals surface area (Å²) in [5.41, 5.74) is 0. The Labute approximate surface area is 394 Å². The van der Waals surface area contributed by atoms with Gasteiger partial charge in [0.25, 0.3) is 0 Å². The number of ether oxygens (including phenoxy) is 2. The molecule has 0 saturated heterocycles. The molecule has 0 spiro atoms. The number of rotatable bonds is 54. The average molecular weight is 890 g/mol. The summed E-state index contributed by atoms with van der Waals surface area (Å²) in [6, 6.07) is 0. The Hall–Kier alpha value is -1.36. The van der Waals surface area contributed by atoms with Gasteiger partial charge in [-0.1, -0.05) is 289 Å². The second-order valence-corrected chi connectivity index (χ2v) is 19.7. The molecule has 0 aliphatic carbocycles. The second-order valence-electron chi connectivity index (χ2n) is 19.7. The number of carbonyl (C=O) groups excluding carboxylic acids is 2. The van der Waals surface area contributed by atoms with Gasteiger partial charge in [-0.25, -0.2) is 0 Å². The van der Waals surface area contributed by atoms with Crippen LogP contribution in [0, 0.1) is 0 Å². The molecule has 0 aromatic carbocycles. The third kappa shape index (κ3) is 53.1. The van der Waals surface area contributed by atoms with Crippen molar-refractivity contribution in [1.82, 2.24) is 0 Å². The molecule has 0 fully saturated rings. The van der Waals surface area contributed by atoms with Gasteiger partial charge >= 0.3 is 11.9 Å². The zero-order chi connectivity index (χ0) is 45.6. The van der Waals surface area contributed by atoms with E-state index in [1.165, 1.54) is 263 Å². The Morgan fingerprint density at radius 3 is 0.857 bits per heavy atom. The van der Waals surface area contributed by atoms with Crippen LogP contribution in [0.3, 0.4) is 0 Å². The van der Waals surface area contributed by atoms with Gasteiger partial charge in [0.15, 0.2) is 6.10 Å². The summed E-state index contributed by atoms with van der Waals surface area (Å²) in [5, 5.41) is 9.63. The lowest BCUT2D eigenvalue weighted by Crippen LogP contribution is -2.28. The Bertz CT molecular complexity index is 917. The fourth-order valence-corrected chi connectivity index (χ4v) is 8.97. The highest BCUT2D eigenvalue weighted by atomic mass is 16.6. The van der Waals surface area contributed by atoms with Crippen molar-refractivity contribution in [2.75, 3.05) is 13.2 Å². The van der Waals surface area contributed by atoms with E-state index >= 15 is 0 Å². The summed E-state index contributed by atoms with van der Waals surface area (Å²) < 4.78 is 10.7. The molecule has 0 heterocycles. The predicted molar refractivity (Wildman–Crippen MR) is 275 cm³/mol. The van der Waals surface area contributed by atoms with Gasteiger partial charge in [-0.15, -0.1) is 0 Å². The molecule has 1 unspecified atom stereocenters. The molecule has 1 N–H and O–H groups in total. The van der Waals surface area contributed by atoms with Gasteiger partial charge in [0, 0.05) is 12.8 Å². The van der Waals surface area contributed by atoms with Crippen molar-refractivity contribution in [2.45, 2.75) is 335 Å². The van der Waals surface area contributed by atoms with E-state index in [0.29, 0.717) is 12.8 Å². The summed E-state index contributed by atoms with van der Waals surface area (Å²) in [6.45, 7) is 4.18. The minimum Gasteiger partial charge on any atom is -0.462 e. The van der Waals surface area contributed by atoms with Gasteiger partial charge in [0.2, 0.25) is 0 Å². The van der Waals surface area contributed by atoms with E-state index in [4.69, 9.17) is 9.47 Å². The summed E-state index contributed by atoms with van der Waals surface area (Å²) in [6.07, 6.45) is 67.8. The van der Waals surface area contributed by atoms with Gasteiger partial charge in [-0.2, -0.15) is 0 Å². The van der Waals surface area contributed by atoms with Crippen molar-refractivity contribution in [3.8, 4) is 0 Å². The minimum atomic E-state index is -0.771. The second kappa shape index (κ2) is 55.0. The molecule has 0 rings (SSSR count). The average Bonchev–Trinajstić information content (AvgIpc) is 3.29. The van der Waals surface area contributed by atoms with Crippen LogP contribution in [-0.4, -0.2) is 36.4 Å². The van der Waals surface area contributed by atoms with Crippen LogP contribution in [-0.2, 0) is 19.1 Å². The van der Waals surface area contributed by atoms with Crippen LogP contribution in [0.1, 0.15) is 328 Å². The van der Waals surface area contributed by atoms with E-state index in [-0.39, 0.29) is 25.2 Å². The van der Waals surface area contributed by atoms with Gasteiger partial charge in [-0.05, 0) is 38.5 Å². The van der Waals surface area contributed by atoms with Crippen LogP contribution in [0.25, 0.3) is 0 Å². The molecular weight excluding hydrogens is 777 g/mol. The van der Waals surface area contributed by atoms with Gasteiger partial charge < -0.3 is 14.6 Å². The van der Waals surface area contributed by atoms with Gasteiger partial charge in [0.1, 0.15) is 6.61 Å². The number of hydrogen-bond donors (Lipinski definition) is 1. The summed E-state index contributed by atoms with van der Waals surface area (Å²) >= 11 is 0. The number of allylic oxidation sites excluding steroid dienone is 2. The Morgan fingerprint density at radius 1 is 0.349 bits per heavy atom. The highest BCUT2D eigenvalue weighted by Crippen LogP contribution is 2.18. The van der Waals surface area contributed by atoms with Gasteiger partial charge in [0.05, 0.1) is 6.61 Å². The minimum absolute atomic E-state index is 0.0623. The molecule has 0 aromatic rings. The Morgan fingerprint density at radius 2 is 0.587 bits per heavy atom. The fraction of sp³-hybridized carbons (Fsp3) is 0.931. The maximum atomic E-state index is 12.2. The molecule has 0 aliphatic rings. The molecule has 0 aliphatic heterocycles. The van der Waals surface area contributed by atoms with Crippen molar-refractivity contribution in [2.24, 2.45) is 0 Å². The SMILES string of the molecule is CCCCCCCCC/C=C\CCCCCCCC(=O)OC(CO)COC(=O)CCCCCCCCCCCCCCCCCCCCCCCCCCCCCCCCCCC. The first-order valence-electron chi connectivity index (χ1n) is 28.7. The third-order valence-electron chi connectivity index (χ3n) is 13.3. The number of unbranched alkanes of at least 4 members (excludes halogenated alkanes) is 44. The van der Waals surface area contributed by atoms with Crippen LogP contribution >= 0.6 is 0 Å². The maximum absolute atomic E-state index is 12.2.